The van der Waals surface area contributed by atoms with E-state index in [4.69, 9.17) is 0 Å². The molecule has 2 aromatic rings. The summed E-state index contributed by atoms with van der Waals surface area (Å²) in [4.78, 5) is 6.27. The summed E-state index contributed by atoms with van der Waals surface area (Å²) in [7, 11) is 4.05. The molecule has 0 atom stereocenters. The summed E-state index contributed by atoms with van der Waals surface area (Å²) in [5.41, 5.74) is 3.30. The molecule has 1 aliphatic rings. The first-order valence-electron chi connectivity index (χ1n) is 7.27. The second-order valence-electron chi connectivity index (χ2n) is 5.85. The van der Waals surface area contributed by atoms with E-state index in [-0.39, 0.29) is 5.82 Å². The Kier molecular flexibility index (Phi) is 3.78. The quantitative estimate of drug-likeness (QED) is 0.929. The standard InChI is InChI=1S/C17H20FN3/c1-21(2)17-6-7-19-11-16(17)20-15-9-13(10-15)12-4-3-5-14(18)8-12/h3-8,11,13,15,20H,9-10H2,1-2H3. The predicted molar refractivity (Wildman–Crippen MR) is 84.3 cm³/mol. The summed E-state index contributed by atoms with van der Waals surface area (Å²) in [6.45, 7) is 0. The molecule has 110 valence electrons. The zero-order chi connectivity index (χ0) is 14.8. The molecular formula is C17H20FN3. The van der Waals surface area contributed by atoms with Gasteiger partial charge in [0.15, 0.2) is 0 Å². The number of anilines is 2. The number of halogens is 1. The lowest BCUT2D eigenvalue weighted by atomic mass is 9.76. The zero-order valence-electron chi connectivity index (χ0n) is 12.4. The maximum Gasteiger partial charge on any atom is 0.123 e. The first-order valence-corrected chi connectivity index (χ1v) is 7.27. The molecule has 1 aliphatic carbocycles. The van der Waals surface area contributed by atoms with Gasteiger partial charge in [0.1, 0.15) is 5.82 Å². The summed E-state index contributed by atoms with van der Waals surface area (Å²) < 4.78 is 13.2. The Bertz CT molecular complexity index is 621. The number of benzene rings is 1. The van der Waals surface area contributed by atoms with Gasteiger partial charge >= 0.3 is 0 Å². The average Bonchev–Trinajstić information content (AvgIpc) is 2.42. The molecule has 3 rings (SSSR count). The van der Waals surface area contributed by atoms with E-state index in [1.54, 1.807) is 18.3 Å². The van der Waals surface area contributed by atoms with Crippen LogP contribution in [0.4, 0.5) is 15.8 Å². The highest BCUT2D eigenvalue weighted by Crippen LogP contribution is 2.39. The zero-order valence-corrected chi connectivity index (χ0v) is 12.4. The van der Waals surface area contributed by atoms with Crippen LogP contribution in [0.5, 0.6) is 0 Å². The summed E-state index contributed by atoms with van der Waals surface area (Å²) in [5, 5.41) is 3.54. The first-order chi connectivity index (χ1) is 10.1. The molecule has 1 heterocycles. The van der Waals surface area contributed by atoms with Crippen molar-refractivity contribution >= 4 is 11.4 Å². The van der Waals surface area contributed by atoms with Crippen molar-refractivity contribution in [1.29, 1.82) is 0 Å². The average molecular weight is 285 g/mol. The van der Waals surface area contributed by atoms with E-state index < -0.39 is 0 Å². The van der Waals surface area contributed by atoms with E-state index in [1.165, 1.54) is 6.07 Å². The molecule has 0 radical (unpaired) electrons. The van der Waals surface area contributed by atoms with Gasteiger partial charge in [0.2, 0.25) is 0 Å². The van der Waals surface area contributed by atoms with Crippen LogP contribution in [0.2, 0.25) is 0 Å². The molecular weight excluding hydrogens is 265 g/mol. The third-order valence-electron chi connectivity index (χ3n) is 4.10. The summed E-state index contributed by atoms with van der Waals surface area (Å²) >= 11 is 0. The van der Waals surface area contributed by atoms with Crippen LogP contribution >= 0.6 is 0 Å². The van der Waals surface area contributed by atoms with Crippen molar-refractivity contribution in [2.45, 2.75) is 24.8 Å². The SMILES string of the molecule is CN(C)c1ccncc1NC1CC(c2cccc(F)c2)C1. The van der Waals surface area contributed by atoms with Gasteiger partial charge in [0.05, 0.1) is 17.6 Å². The molecule has 21 heavy (non-hydrogen) atoms. The molecule has 0 aliphatic heterocycles. The lowest BCUT2D eigenvalue weighted by Gasteiger charge is -2.37. The number of nitrogens with one attached hydrogen (secondary N) is 1. The van der Waals surface area contributed by atoms with Crippen molar-refractivity contribution in [1.82, 2.24) is 4.98 Å². The van der Waals surface area contributed by atoms with Gasteiger partial charge in [-0.3, -0.25) is 4.98 Å². The second-order valence-corrected chi connectivity index (χ2v) is 5.85. The van der Waals surface area contributed by atoms with Crippen LogP contribution in [0.1, 0.15) is 24.3 Å². The lowest BCUT2D eigenvalue weighted by molar-refractivity contribution is 0.373. The molecule has 0 amide bonds. The Hall–Kier alpha value is -2.10. The van der Waals surface area contributed by atoms with E-state index in [0.717, 1.165) is 29.8 Å². The molecule has 0 unspecified atom stereocenters. The minimum atomic E-state index is -0.147. The van der Waals surface area contributed by atoms with Crippen LogP contribution in [-0.4, -0.2) is 25.1 Å². The van der Waals surface area contributed by atoms with Gasteiger partial charge in [-0.05, 0) is 42.5 Å². The van der Waals surface area contributed by atoms with Gasteiger partial charge < -0.3 is 10.2 Å². The van der Waals surface area contributed by atoms with Crippen LogP contribution in [0, 0.1) is 5.82 Å². The van der Waals surface area contributed by atoms with Gasteiger partial charge in [0.25, 0.3) is 0 Å². The molecule has 1 aromatic carbocycles. The lowest BCUT2D eigenvalue weighted by Crippen LogP contribution is -2.34. The number of nitrogens with zero attached hydrogens (tertiary/aromatic N) is 2. The van der Waals surface area contributed by atoms with E-state index in [2.05, 4.69) is 15.2 Å². The fourth-order valence-electron chi connectivity index (χ4n) is 2.88. The molecule has 1 N–H and O–H groups in total. The molecule has 4 heteroatoms. The largest absolute Gasteiger partial charge is 0.379 e. The van der Waals surface area contributed by atoms with Crippen molar-refractivity contribution < 1.29 is 4.39 Å². The summed E-state index contributed by atoms with van der Waals surface area (Å²) in [5.74, 6) is 0.309. The van der Waals surface area contributed by atoms with Crippen molar-refractivity contribution in [2.24, 2.45) is 0 Å². The van der Waals surface area contributed by atoms with Crippen molar-refractivity contribution in [3.63, 3.8) is 0 Å². The van der Waals surface area contributed by atoms with Crippen molar-refractivity contribution in [3.05, 3.63) is 54.1 Å². The maximum absolute atomic E-state index is 13.2. The van der Waals surface area contributed by atoms with Gasteiger partial charge in [0, 0.05) is 26.3 Å². The Balaban J connectivity index is 1.63. The number of rotatable bonds is 4. The van der Waals surface area contributed by atoms with Crippen LogP contribution in [0.3, 0.4) is 0 Å². The second kappa shape index (κ2) is 5.72. The van der Waals surface area contributed by atoms with Gasteiger partial charge in [-0.25, -0.2) is 4.39 Å². The number of hydrogen-bond acceptors (Lipinski definition) is 3. The van der Waals surface area contributed by atoms with Crippen LogP contribution < -0.4 is 10.2 Å². The van der Waals surface area contributed by atoms with Crippen molar-refractivity contribution in [3.8, 4) is 0 Å². The topological polar surface area (TPSA) is 28.2 Å². The highest BCUT2D eigenvalue weighted by atomic mass is 19.1. The van der Waals surface area contributed by atoms with Gasteiger partial charge in [-0.1, -0.05) is 12.1 Å². The van der Waals surface area contributed by atoms with Gasteiger partial charge in [-0.15, -0.1) is 0 Å². The van der Waals surface area contributed by atoms with E-state index in [9.17, 15) is 4.39 Å². The molecule has 1 saturated carbocycles. The van der Waals surface area contributed by atoms with Crippen molar-refractivity contribution in [2.75, 3.05) is 24.3 Å². The summed E-state index contributed by atoms with van der Waals surface area (Å²) in [6.07, 6.45) is 5.73. The minimum Gasteiger partial charge on any atom is -0.379 e. The van der Waals surface area contributed by atoms with Gasteiger partial charge in [-0.2, -0.15) is 0 Å². The Morgan fingerprint density at radius 1 is 1.24 bits per heavy atom. The Morgan fingerprint density at radius 3 is 2.76 bits per heavy atom. The van der Waals surface area contributed by atoms with E-state index in [0.29, 0.717) is 12.0 Å². The monoisotopic (exact) mass is 285 g/mol. The molecule has 1 fully saturated rings. The predicted octanol–water partition coefficient (Wildman–Crippen LogP) is 3.64. The van der Waals surface area contributed by atoms with Crippen LogP contribution in [0.15, 0.2) is 42.7 Å². The molecule has 0 saturated heterocycles. The third-order valence-corrected chi connectivity index (χ3v) is 4.10. The molecule has 1 aromatic heterocycles. The fraction of sp³-hybridized carbons (Fsp3) is 0.353. The van der Waals surface area contributed by atoms with Crippen LogP contribution in [-0.2, 0) is 0 Å². The smallest absolute Gasteiger partial charge is 0.123 e. The molecule has 0 bridgehead atoms. The maximum atomic E-state index is 13.2. The summed E-state index contributed by atoms with van der Waals surface area (Å²) in [6, 6.07) is 9.38. The highest BCUT2D eigenvalue weighted by Gasteiger charge is 2.30. The number of aromatic nitrogens is 1. The Labute approximate surface area is 124 Å². The number of pyridine rings is 1. The molecule has 0 spiro atoms. The third kappa shape index (κ3) is 2.99. The minimum absolute atomic E-state index is 0.147. The van der Waals surface area contributed by atoms with E-state index >= 15 is 0 Å². The highest BCUT2D eigenvalue weighted by molar-refractivity contribution is 5.68. The Morgan fingerprint density at radius 2 is 2.05 bits per heavy atom. The fourth-order valence-corrected chi connectivity index (χ4v) is 2.88. The van der Waals surface area contributed by atoms with Crippen LogP contribution in [0.25, 0.3) is 0 Å². The number of hydrogen-bond donors (Lipinski definition) is 1. The molecule has 3 nitrogen and oxygen atoms in total. The normalized spacial score (nSPS) is 20.7. The first kappa shape index (κ1) is 13.9. The van der Waals surface area contributed by atoms with E-state index in [1.807, 2.05) is 32.4 Å².